The van der Waals surface area contributed by atoms with Gasteiger partial charge in [0.05, 0.1) is 18.5 Å². The van der Waals surface area contributed by atoms with Crippen molar-refractivity contribution in [3.8, 4) is 5.75 Å². The van der Waals surface area contributed by atoms with Crippen molar-refractivity contribution in [2.45, 2.75) is 37.8 Å². The summed E-state index contributed by atoms with van der Waals surface area (Å²) in [4.78, 5) is 64.3. The number of carbonyl (C=O) groups is 3. The van der Waals surface area contributed by atoms with E-state index >= 15 is 0 Å². The number of pyridine rings is 1. The minimum Gasteiger partial charge on any atom is -0.497 e. The average molecular weight is 510 g/mol. The molecule has 2 aromatic rings. The SMILES string of the molecule is COc1ccc(CCN2C(=O)N[C@@H](CC(=O)N3CC4CC(C3)c3ccc([N+](=O)[O-])c(=O)n3C4)C2=O)cc1. The Morgan fingerprint density at radius 3 is 2.57 bits per heavy atom. The van der Waals surface area contributed by atoms with Gasteiger partial charge in [-0.05, 0) is 42.5 Å². The van der Waals surface area contributed by atoms with Crippen LogP contribution in [0.1, 0.15) is 30.0 Å². The van der Waals surface area contributed by atoms with Crippen LogP contribution in [0.4, 0.5) is 10.5 Å². The zero-order valence-electron chi connectivity index (χ0n) is 20.3. The van der Waals surface area contributed by atoms with Crippen molar-refractivity contribution in [1.29, 1.82) is 0 Å². The second-order valence-corrected chi connectivity index (χ2v) is 9.71. The quantitative estimate of drug-likeness (QED) is 0.336. The lowest BCUT2D eigenvalue weighted by Gasteiger charge is -2.42. The predicted octanol–water partition coefficient (Wildman–Crippen LogP) is 1.26. The molecule has 0 radical (unpaired) electrons. The largest absolute Gasteiger partial charge is 0.497 e. The fraction of sp³-hybridized carbons (Fsp3) is 0.440. The molecule has 1 N–H and O–H groups in total. The summed E-state index contributed by atoms with van der Waals surface area (Å²) in [6, 6.07) is 8.75. The van der Waals surface area contributed by atoms with E-state index in [0.29, 0.717) is 31.7 Å². The number of nitro groups is 1. The van der Waals surface area contributed by atoms with Crippen LogP contribution in [0.25, 0.3) is 0 Å². The first kappa shape index (κ1) is 24.5. The van der Waals surface area contributed by atoms with Gasteiger partial charge >= 0.3 is 17.3 Å². The highest BCUT2D eigenvalue weighted by Crippen LogP contribution is 2.36. The van der Waals surface area contributed by atoms with Gasteiger partial charge < -0.3 is 19.5 Å². The topological polar surface area (TPSA) is 144 Å². The minimum absolute atomic E-state index is 0.0234. The van der Waals surface area contributed by atoms with Crippen LogP contribution < -0.4 is 15.6 Å². The number of piperidine rings is 1. The number of hydrogen-bond donors (Lipinski definition) is 1. The van der Waals surface area contributed by atoms with Gasteiger partial charge in [-0.3, -0.25) is 29.4 Å². The van der Waals surface area contributed by atoms with E-state index < -0.39 is 34.2 Å². The molecule has 4 heterocycles. The number of methoxy groups -OCH3 is 1. The van der Waals surface area contributed by atoms with E-state index in [4.69, 9.17) is 4.74 Å². The first-order valence-electron chi connectivity index (χ1n) is 12.2. The number of rotatable bonds is 7. The van der Waals surface area contributed by atoms with E-state index in [0.717, 1.165) is 22.6 Å². The Kier molecular flexibility index (Phi) is 6.40. The number of imide groups is 1. The number of aromatic nitrogens is 1. The van der Waals surface area contributed by atoms with Crippen molar-refractivity contribution < 1.29 is 24.0 Å². The normalized spacial score (nSPS) is 22.5. The van der Waals surface area contributed by atoms with Crippen LogP contribution in [-0.2, 0) is 22.6 Å². The molecule has 3 aliphatic rings. The summed E-state index contributed by atoms with van der Waals surface area (Å²) < 4.78 is 6.60. The summed E-state index contributed by atoms with van der Waals surface area (Å²) in [6.45, 7) is 1.24. The Morgan fingerprint density at radius 1 is 1.11 bits per heavy atom. The molecule has 4 amide bonds. The fourth-order valence-electron chi connectivity index (χ4n) is 5.54. The Hall–Kier alpha value is -4.22. The number of likely N-dealkylation sites (tertiary alicyclic amines) is 1. The molecule has 12 heteroatoms. The molecule has 2 unspecified atom stereocenters. The second-order valence-electron chi connectivity index (χ2n) is 9.71. The van der Waals surface area contributed by atoms with Gasteiger partial charge in [0.1, 0.15) is 11.8 Å². The maximum Gasteiger partial charge on any atom is 0.334 e. The van der Waals surface area contributed by atoms with Gasteiger partial charge in [0.15, 0.2) is 0 Å². The van der Waals surface area contributed by atoms with Crippen LogP contribution >= 0.6 is 0 Å². The van der Waals surface area contributed by atoms with Crippen LogP contribution in [-0.4, -0.2) is 69.9 Å². The van der Waals surface area contributed by atoms with Crippen molar-refractivity contribution in [3.05, 3.63) is 68.1 Å². The molecule has 194 valence electrons. The minimum atomic E-state index is -0.921. The summed E-state index contributed by atoms with van der Waals surface area (Å²) in [6.07, 6.45) is 1.12. The number of benzene rings is 1. The van der Waals surface area contributed by atoms with E-state index in [9.17, 15) is 29.3 Å². The third kappa shape index (κ3) is 4.66. The summed E-state index contributed by atoms with van der Waals surface area (Å²) in [5.74, 6) is -0.100. The van der Waals surface area contributed by atoms with E-state index in [2.05, 4.69) is 5.32 Å². The Labute approximate surface area is 211 Å². The maximum atomic E-state index is 13.1. The molecule has 1 aromatic carbocycles. The number of amides is 4. The van der Waals surface area contributed by atoms with Gasteiger partial charge in [-0.1, -0.05) is 12.1 Å². The van der Waals surface area contributed by atoms with E-state index in [-0.39, 0.29) is 30.7 Å². The lowest BCUT2D eigenvalue weighted by Crippen LogP contribution is -2.50. The third-order valence-electron chi connectivity index (χ3n) is 7.40. The first-order valence-corrected chi connectivity index (χ1v) is 12.2. The lowest BCUT2D eigenvalue weighted by atomic mass is 9.83. The van der Waals surface area contributed by atoms with Crippen LogP contribution in [0.15, 0.2) is 41.2 Å². The van der Waals surface area contributed by atoms with Crippen molar-refractivity contribution in [3.63, 3.8) is 0 Å². The zero-order chi connectivity index (χ0) is 26.3. The number of carbonyl (C=O) groups excluding carboxylic acids is 3. The average Bonchev–Trinajstić information content (AvgIpc) is 3.15. The number of fused-ring (bicyclic) bond motifs is 4. The smallest absolute Gasteiger partial charge is 0.334 e. The molecule has 3 aliphatic heterocycles. The molecule has 2 fully saturated rings. The molecule has 0 spiro atoms. The highest BCUT2D eigenvalue weighted by Gasteiger charge is 2.42. The van der Waals surface area contributed by atoms with E-state index in [1.807, 2.05) is 24.3 Å². The molecule has 0 aliphatic carbocycles. The van der Waals surface area contributed by atoms with Crippen molar-refractivity contribution >= 4 is 23.5 Å². The molecule has 2 bridgehead atoms. The van der Waals surface area contributed by atoms with Crippen molar-refractivity contribution in [2.24, 2.45) is 5.92 Å². The summed E-state index contributed by atoms with van der Waals surface area (Å²) in [5.41, 5.74) is 0.555. The summed E-state index contributed by atoms with van der Waals surface area (Å²) in [5, 5.41) is 13.8. The molecule has 5 rings (SSSR count). The molecule has 1 aromatic heterocycles. The molecular formula is C25H27N5O7. The highest BCUT2D eigenvalue weighted by molar-refractivity contribution is 6.05. The van der Waals surface area contributed by atoms with Gasteiger partial charge in [-0.15, -0.1) is 0 Å². The molecule has 0 saturated carbocycles. The number of urea groups is 1. The van der Waals surface area contributed by atoms with Crippen LogP contribution in [0, 0.1) is 16.0 Å². The standard InChI is InChI=1S/C25H27N5O7/c1-37-18-4-2-15(3-5-18)8-9-28-23(32)19(26-25(28)34)11-22(31)27-12-16-10-17(14-27)20-6-7-21(30(35)36)24(33)29(20)13-16/h2-7,16-17,19H,8-14H2,1H3,(H,26,34)/t16?,17?,19-/m0/s1. The number of nitrogens with zero attached hydrogens (tertiary/aromatic N) is 4. The molecule has 3 atom stereocenters. The monoisotopic (exact) mass is 509 g/mol. The summed E-state index contributed by atoms with van der Waals surface area (Å²) >= 11 is 0. The first-order chi connectivity index (χ1) is 17.7. The molecule has 2 saturated heterocycles. The highest BCUT2D eigenvalue weighted by atomic mass is 16.6. The second kappa shape index (κ2) is 9.68. The van der Waals surface area contributed by atoms with E-state index in [1.165, 1.54) is 10.6 Å². The Bertz CT molecular complexity index is 1320. The van der Waals surface area contributed by atoms with Gasteiger partial charge in [0.2, 0.25) is 5.91 Å². The number of hydrogen-bond acceptors (Lipinski definition) is 7. The predicted molar refractivity (Wildman–Crippen MR) is 130 cm³/mol. The maximum absolute atomic E-state index is 13.1. The molecular weight excluding hydrogens is 482 g/mol. The number of ether oxygens (including phenoxy) is 1. The summed E-state index contributed by atoms with van der Waals surface area (Å²) in [7, 11) is 1.58. The van der Waals surface area contributed by atoms with Gasteiger partial charge in [0.25, 0.3) is 5.91 Å². The van der Waals surface area contributed by atoms with E-state index in [1.54, 1.807) is 18.1 Å². The van der Waals surface area contributed by atoms with Gasteiger partial charge in [0, 0.05) is 43.9 Å². The lowest BCUT2D eigenvalue weighted by molar-refractivity contribution is -0.386. The Balaban J connectivity index is 1.21. The van der Waals surface area contributed by atoms with Gasteiger partial charge in [-0.25, -0.2) is 4.79 Å². The molecule has 37 heavy (non-hydrogen) atoms. The number of nitrogens with one attached hydrogen (secondary N) is 1. The Morgan fingerprint density at radius 2 is 1.86 bits per heavy atom. The van der Waals surface area contributed by atoms with Crippen LogP contribution in [0.3, 0.4) is 0 Å². The fourth-order valence-corrected chi connectivity index (χ4v) is 5.54. The van der Waals surface area contributed by atoms with Crippen molar-refractivity contribution in [2.75, 3.05) is 26.7 Å². The van der Waals surface area contributed by atoms with Gasteiger partial charge in [-0.2, -0.15) is 0 Å². The van der Waals surface area contributed by atoms with Crippen LogP contribution in [0.2, 0.25) is 0 Å². The van der Waals surface area contributed by atoms with Crippen molar-refractivity contribution in [1.82, 2.24) is 19.7 Å². The van der Waals surface area contributed by atoms with Crippen LogP contribution in [0.5, 0.6) is 5.75 Å². The third-order valence-corrected chi connectivity index (χ3v) is 7.40. The zero-order valence-corrected chi connectivity index (χ0v) is 20.3. The molecule has 12 nitrogen and oxygen atoms in total.